The molecule has 2 heterocycles. The Labute approximate surface area is 328 Å². The molecule has 0 bridgehead atoms. The lowest BCUT2D eigenvalue weighted by Gasteiger charge is -2.49. The maximum Gasteiger partial charge on any atom is 0.165 e. The van der Waals surface area contributed by atoms with Crippen LogP contribution in [-0.2, 0) is 21.7 Å². The van der Waals surface area contributed by atoms with E-state index in [4.69, 9.17) is 19.9 Å². The quantitative estimate of drug-likeness (QED) is 0.166. The molecule has 276 valence electrons. The van der Waals surface area contributed by atoms with Gasteiger partial charge in [0.05, 0.1) is 5.69 Å². The smallest absolute Gasteiger partial charge is 0.165 e. The molecule has 0 amide bonds. The summed E-state index contributed by atoms with van der Waals surface area (Å²) in [6.45, 7) is 18.0. The van der Waals surface area contributed by atoms with Crippen molar-refractivity contribution >= 4 is 0 Å². The number of hydrogen-bond acceptors (Lipinski definition) is 4. The van der Waals surface area contributed by atoms with Gasteiger partial charge in [-0.1, -0.05) is 147 Å². The lowest BCUT2D eigenvalue weighted by molar-refractivity contribution is 0.278. The fourth-order valence-corrected chi connectivity index (χ4v) is 9.03. The molecule has 0 N–H and O–H groups in total. The van der Waals surface area contributed by atoms with E-state index in [1.807, 2.05) is 6.20 Å². The molecule has 4 aromatic carbocycles. The van der Waals surface area contributed by atoms with Gasteiger partial charge in [0.25, 0.3) is 0 Å². The van der Waals surface area contributed by atoms with Gasteiger partial charge in [-0.3, -0.25) is 4.98 Å². The third kappa shape index (κ3) is 6.48. The molecule has 0 radical (unpaired) electrons. The standard InChI is InChI=1S/C51H52N4/c1-9-10-13-30-51-31-14-29-50(51,8)43-32-36(21-27-41(43)40-15-11-12-16-42(40)51)44-28-22-37(33-52-44)47-54-45(34-17-23-38(24-18-34)48(2,3)4)53-46(55-47)35-19-25-39(26-20-35)49(5,6)7/h11-12,15-28,32-33H,9,14,29-31H2,1-8H3/t50-,51+/m0/s1. The Bertz CT molecular complexity index is 2360. The highest BCUT2D eigenvalue weighted by Gasteiger charge is 2.57. The topological polar surface area (TPSA) is 51.6 Å². The van der Waals surface area contributed by atoms with Gasteiger partial charge in [-0.2, -0.15) is 0 Å². The Kier molecular flexibility index (Phi) is 9.12. The minimum atomic E-state index is -0.0110. The van der Waals surface area contributed by atoms with Crippen LogP contribution in [0.1, 0.15) is 110 Å². The van der Waals surface area contributed by atoms with E-state index in [-0.39, 0.29) is 21.7 Å². The molecule has 1 saturated carbocycles. The zero-order valence-electron chi connectivity index (χ0n) is 33.7. The fourth-order valence-electron chi connectivity index (χ4n) is 9.03. The summed E-state index contributed by atoms with van der Waals surface area (Å²) in [5, 5.41) is 0. The highest BCUT2D eigenvalue weighted by molar-refractivity contribution is 5.81. The second-order valence-electron chi connectivity index (χ2n) is 17.9. The maximum absolute atomic E-state index is 5.06. The number of pyridine rings is 1. The van der Waals surface area contributed by atoms with E-state index in [1.54, 1.807) is 0 Å². The van der Waals surface area contributed by atoms with Gasteiger partial charge in [-0.15, -0.1) is 11.8 Å². The van der Waals surface area contributed by atoms with Crippen molar-refractivity contribution in [1.29, 1.82) is 0 Å². The maximum atomic E-state index is 5.06. The summed E-state index contributed by atoms with van der Waals surface area (Å²) in [5.41, 5.74) is 13.1. The third-order valence-electron chi connectivity index (χ3n) is 12.3. The van der Waals surface area contributed by atoms with Gasteiger partial charge in [-0.25, -0.2) is 15.0 Å². The molecule has 2 atom stereocenters. The van der Waals surface area contributed by atoms with Crippen LogP contribution in [0.2, 0.25) is 0 Å². The second-order valence-corrected chi connectivity index (χ2v) is 17.9. The van der Waals surface area contributed by atoms with Gasteiger partial charge in [0.1, 0.15) is 0 Å². The molecule has 0 spiro atoms. The zero-order chi connectivity index (χ0) is 38.6. The molecule has 4 nitrogen and oxygen atoms in total. The molecule has 55 heavy (non-hydrogen) atoms. The minimum absolute atomic E-state index is 0.00288. The molecule has 2 aromatic heterocycles. The van der Waals surface area contributed by atoms with Crippen LogP contribution in [0.5, 0.6) is 0 Å². The third-order valence-corrected chi connectivity index (χ3v) is 12.3. The molecule has 1 fully saturated rings. The van der Waals surface area contributed by atoms with Crippen LogP contribution in [0.15, 0.2) is 109 Å². The lowest BCUT2D eigenvalue weighted by atomic mass is 9.53. The average Bonchev–Trinajstić information content (AvgIpc) is 3.55. The van der Waals surface area contributed by atoms with Crippen molar-refractivity contribution in [3.63, 3.8) is 0 Å². The lowest BCUT2D eigenvalue weighted by Crippen LogP contribution is -2.45. The van der Waals surface area contributed by atoms with Crippen LogP contribution >= 0.6 is 0 Å². The van der Waals surface area contributed by atoms with E-state index < -0.39 is 0 Å². The summed E-state index contributed by atoms with van der Waals surface area (Å²) < 4.78 is 0. The number of aromatic nitrogens is 4. The molecule has 2 aliphatic rings. The number of hydrogen-bond donors (Lipinski definition) is 0. The SMILES string of the molecule is CCC#CC[C@]12CCC[C@@]1(C)c1cc(-c3ccc(-c4nc(-c5ccc(C(C)(C)C)cc5)nc(-c5ccc(C(C)(C)C)cc5)n4)cn3)ccc1-c1ccccc12. The molecule has 0 saturated heterocycles. The van der Waals surface area contributed by atoms with E-state index in [1.165, 1.54) is 39.8 Å². The summed E-state index contributed by atoms with van der Waals surface area (Å²) >= 11 is 0. The van der Waals surface area contributed by atoms with Crippen LogP contribution in [-0.4, -0.2) is 19.9 Å². The number of rotatable bonds is 5. The summed E-state index contributed by atoms with van der Waals surface area (Å²) in [6, 6.07) is 37.5. The first-order valence-electron chi connectivity index (χ1n) is 20.0. The van der Waals surface area contributed by atoms with Gasteiger partial charge < -0.3 is 0 Å². The van der Waals surface area contributed by atoms with Gasteiger partial charge in [-0.05, 0) is 75.3 Å². The number of benzene rings is 4. The van der Waals surface area contributed by atoms with Crippen molar-refractivity contribution in [3.05, 3.63) is 132 Å². The van der Waals surface area contributed by atoms with Crippen LogP contribution < -0.4 is 0 Å². The molecule has 2 aliphatic carbocycles. The molecular weight excluding hydrogens is 669 g/mol. The van der Waals surface area contributed by atoms with Crippen molar-refractivity contribution < 1.29 is 0 Å². The molecule has 0 unspecified atom stereocenters. The van der Waals surface area contributed by atoms with E-state index in [0.717, 1.165) is 53.6 Å². The largest absolute Gasteiger partial charge is 0.255 e. The first-order chi connectivity index (χ1) is 26.3. The predicted octanol–water partition coefficient (Wildman–Crippen LogP) is 12.7. The minimum Gasteiger partial charge on any atom is -0.255 e. The van der Waals surface area contributed by atoms with E-state index in [2.05, 4.69) is 170 Å². The van der Waals surface area contributed by atoms with Gasteiger partial charge in [0, 0.05) is 52.1 Å². The zero-order valence-corrected chi connectivity index (χ0v) is 33.7. The van der Waals surface area contributed by atoms with Gasteiger partial charge in [0.15, 0.2) is 17.5 Å². The Morgan fingerprint density at radius 1 is 0.582 bits per heavy atom. The predicted molar refractivity (Wildman–Crippen MR) is 228 cm³/mol. The first kappa shape index (κ1) is 36.6. The summed E-state index contributed by atoms with van der Waals surface area (Å²) in [5.74, 6) is 8.90. The highest BCUT2D eigenvalue weighted by atomic mass is 15.0. The molecular formula is C51H52N4. The second kappa shape index (κ2) is 13.7. The molecule has 4 heteroatoms. The molecule has 0 aliphatic heterocycles. The summed E-state index contributed by atoms with van der Waals surface area (Å²) in [6.07, 6.45) is 7.21. The Hall–Kier alpha value is -5.40. The van der Waals surface area contributed by atoms with Gasteiger partial charge in [0.2, 0.25) is 0 Å². The average molecular weight is 721 g/mol. The number of nitrogens with zero attached hydrogens (tertiary/aromatic N) is 4. The van der Waals surface area contributed by atoms with Crippen LogP contribution in [0.4, 0.5) is 0 Å². The van der Waals surface area contributed by atoms with E-state index in [9.17, 15) is 0 Å². The summed E-state index contributed by atoms with van der Waals surface area (Å²) in [4.78, 5) is 20.2. The molecule has 8 rings (SSSR count). The normalized spacial score (nSPS) is 18.8. The van der Waals surface area contributed by atoms with Crippen molar-refractivity contribution in [1.82, 2.24) is 19.9 Å². The van der Waals surface area contributed by atoms with E-state index in [0.29, 0.717) is 17.5 Å². The Morgan fingerprint density at radius 3 is 1.69 bits per heavy atom. The van der Waals surface area contributed by atoms with Crippen LogP contribution in [0.25, 0.3) is 56.5 Å². The molecule has 6 aromatic rings. The van der Waals surface area contributed by atoms with Crippen molar-refractivity contribution in [2.45, 2.75) is 109 Å². The van der Waals surface area contributed by atoms with Crippen molar-refractivity contribution in [2.75, 3.05) is 0 Å². The van der Waals surface area contributed by atoms with Crippen molar-refractivity contribution in [3.8, 4) is 68.4 Å². The van der Waals surface area contributed by atoms with Crippen LogP contribution in [0.3, 0.4) is 0 Å². The van der Waals surface area contributed by atoms with Gasteiger partial charge >= 0.3 is 0 Å². The number of fused-ring (bicyclic) bond motifs is 6. The van der Waals surface area contributed by atoms with Crippen LogP contribution in [0, 0.1) is 11.8 Å². The fraction of sp³-hybridized carbons (Fsp3) is 0.333. The first-order valence-corrected chi connectivity index (χ1v) is 20.0. The van der Waals surface area contributed by atoms with Crippen molar-refractivity contribution in [2.24, 2.45) is 0 Å². The highest BCUT2D eigenvalue weighted by Crippen LogP contribution is 2.63. The monoisotopic (exact) mass is 720 g/mol. The summed E-state index contributed by atoms with van der Waals surface area (Å²) in [7, 11) is 0. The Balaban J connectivity index is 1.19. The Morgan fingerprint density at radius 2 is 1.13 bits per heavy atom. The van der Waals surface area contributed by atoms with E-state index >= 15 is 0 Å².